The molecule has 10 heteroatoms. The van der Waals surface area contributed by atoms with Crippen molar-refractivity contribution in [2.24, 2.45) is 4.99 Å². The minimum atomic E-state index is -4.92. The van der Waals surface area contributed by atoms with E-state index in [1.807, 2.05) is 30.3 Å². The van der Waals surface area contributed by atoms with Crippen LogP contribution in [0.5, 0.6) is 5.75 Å². The predicted molar refractivity (Wildman–Crippen MR) is 122 cm³/mol. The number of amides is 1. The van der Waals surface area contributed by atoms with Crippen molar-refractivity contribution in [2.45, 2.75) is 19.0 Å². The lowest BCUT2D eigenvalue weighted by Crippen LogP contribution is -2.22. The standard InChI is InChI=1S/C26H18F6N2O2/c27-25(28,29)19-11-9-17(10-12-19)21-22(18-7-4-8-20(15-18)36-26(30,31)32)34-24(35)23(21)33-14-13-16-5-2-1-3-6-16/h1-12,15H,13-14H2,(H,33,34,35). The first-order valence-electron chi connectivity index (χ1n) is 10.7. The van der Waals surface area contributed by atoms with Crippen LogP contribution in [-0.4, -0.2) is 24.5 Å². The molecule has 0 radical (unpaired) electrons. The van der Waals surface area contributed by atoms with Gasteiger partial charge < -0.3 is 10.1 Å². The largest absolute Gasteiger partial charge is 0.573 e. The third-order valence-electron chi connectivity index (χ3n) is 5.31. The van der Waals surface area contributed by atoms with Gasteiger partial charge in [-0.15, -0.1) is 13.2 Å². The summed E-state index contributed by atoms with van der Waals surface area (Å²) in [4.78, 5) is 17.2. The first-order chi connectivity index (χ1) is 17.0. The topological polar surface area (TPSA) is 50.7 Å². The Hall–Kier alpha value is -4.08. The second-order valence-corrected chi connectivity index (χ2v) is 7.82. The van der Waals surface area contributed by atoms with Crippen LogP contribution in [0.4, 0.5) is 26.3 Å². The lowest BCUT2D eigenvalue weighted by Gasteiger charge is -2.12. The normalized spacial score (nSPS) is 15.4. The molecule has 0 bridgehead atoms. The number of halogens is 6. The Balaban J connectivity index is 1.77. The predicted octanol–water partition coefficient (Wildman–Crippen LogP) is 6.29. The summed E-state index contributed by atoms with van der Waals surface area (Å²) in [6.07, 6.45) is -8.98. The molecule has 1 N–H and O–H groups in total. The fourth-order valence-electron chi connectivity index (χ4n) is 3.73. The molecule has 1 amide bonds. The number of carbonyl (C=O) groups excluding carboxylic acids is 1. The highest BCUT2D eigenvalue weighted by Gasteiger charge is 2.34. The van der Waals surface area contributed by atoms with Crippen LogP contribution in [0.3, 0.4) is 0 Å². The third kappa shape index (κ3) is 5.94. The molecule has 1 heterocycles. The van der Waals surface area contributed by atoms with E-state index < -0.39 is 29.8 Å². The maximum atomic E-state index is 13.1. The highest BCUT2D eigenvalue weighted by Crippen LogP contribution is 2.35. The number of benzene rings is 3. The summed E-state index contributed by atoms with van der Waals surface area (Å²) in [6, 6.07) is 18.4. The molecular formula is C26H18F6N2O2. The van der Waals surface area contributed by atoms with Crippen LogP contribution in [0, 0.1) is 0 Å². The van der Waals surface area contributed by atoms with Gasteiger partial charge in [0, 0.05) is 17.7 Å². The first-order valence-corrected chi connectivity index (χ1v) is 10.7. The number of hydrogen-bond donors (Lipinski definition) is 1. The number of hydrogen-bond acceptors (Lipinski definition) is 3. The third-order valence-corrected chi connectivity index (χ3v) is 5.31. The molecule has 0 saturated carbocycles. The van der Waals surface area contributed by atoms with Gasteiger partial charge in [-0.05, 0) is 41.8 Å². The summed E-state index contributed by atoms with van der Waals surface area (Å²) < 4.78 is 81.3. The van der Waals surface area contributed by atoms with Crippen molar-refractivity contribution in [3.05, 3.63) is 101 Å². The maximum absolute atomic E-state index is 13.1. The van der Waals surface area contributed by atoms with E-state index in [0.717, 1.165) is 29.8 Å². The minimum Gasteiger partial charge on any atom is -0.406 e. The van der Waals surface area contributed by atoms with Crippen molar-refractivity contribution in [1.29, 1.82) is 0 Å². The second kappa shape index (κ2) is 9.88. The molecule has 1 aliphatic rings. The number of rotatable bonds is 6. The Bertz CT molecular complexity index is 1310. The van der Waals surface area contributed by atoms with Crippen LogP contribution in [0.25, 0.3) is 11.3 Å². The fraction of sp³-hybridized carbons (Fsp3) is 0.154. The van der Waals surface area contributed by atoms with Crippen LogP contribution < -0.4 is 10.1 Å². The Kier molecular flexibility index (Phi) is 6.87. The highest BCUT2D eigenvalue weighted by molar-refractivity contribution is 6.62. The van der Waals surface area contributed by atoms with E-state index in [2.05, 4.69) is 15.0 Å². The number of aliphatic imine (C=N–C) groups is 1. The van der Waals surface area contributed by atoms with Gasteiger partial charge in [-0.1, -0.05) is 54.6 Å². The van der Waals surface area contributed by atoms with E-state index in [9.17, 15) is 31.1 Å². The smallest absolute Gasteiger partial charge is 0.406 e. The monoisotopic (exact) mass is 504 g/mol. The van der Waals surface area contributed by atoms with Crippen LogP contribution in [0.1, 0.15) is 22.3 Å². The lowest BCUT2D eigenvalue weighted by molar-refractivity contribution is -0.274. The molecule has 186 valence electrons. The zero-order valence-corrected chi connectivity index (χ0v) is 18.5. The van der Waals surface area contributed by atoms with Gasteiger partial charge in [0.05, 0.1) is 11.3 Å². The molecule has 0 unspecified atom stereocenters. The van der Waals surface area contributed by atoms with Gasteiger partial charge in [-0.3, -0.25) is 9.79 Å². The Labute approximate surface area is 201 Å². The number of carbonyl (C=O) groups is 1. The summed E-state index contributed by atoms with van der Waals surface area (Å²) in [5.41, 5.74) is 0.788. The van der Waals surface area contributed by atoms with Gasteiger partial charge in [0.15, 0.2) is 0 Å². The summed E-state index contributed by atoms with van der Waals surface area (Å²) in [7, 11) is 0. The van der Waals surface area contributed by atoms with Crippen molar-refractivity contribution >= 4 is 22.9 Å². The molecule has 4 nitrogen and oxygen atoms in total. The molecule has 0 atom stereocenters. The molecule has 0 aromatic heterocycles. The SMILES string of the molecule is O=C1NC(c2cccc(OC(F)(F)F)c2)=C(c2ccc(C(F)(F)F)cc2)C1=NCCc1ccccc1. The molecule has 3 aromatic carbocycles. The Morgan fingerprint density at radius 3 is 2.14 bits per heavy atom. The van der Waals surface area contributed by atoms with Crippen molar-refractivity contribution in [1.82, 2.24) is 5.32 Å². The van der Waals surface area contributed by atoms with Crippen LogP contribution >= 0.6 is 0 Å². The molecule has 0 aliphatic carbocycles. The average Bonchev–Trinajstić information content (AvgIpc) is 3.14. The molecule has 0 spiro atoms. The highest BCUT2D eigenvalue weighted by atomic mass is 19.4. The molecule has 36 heavy (non-hydrogen) atoms. The van der Waals surface area contributed by atoms with Crippen molar-refractivity contribution < 1.29 is 35.9 Å². The minimum absolute atomic E-state index is 0.0252. The fourth-order valence-corrected chi connectivity index (χ4v) is 3.73. The summed E-state index contributed by atoms with van der Waals surface area (Å²) in [5, 5.41) is 2.60. The Morgan fingerprint density at radius 2 is 1.50 bits per heavy atom. The number of ether oxygens (including phenoxy) is 1. The zero-order valence-electron chi connectivity index (χ0n) is 18.5. The number of alkyl halides is 6. The number of nitrogens with one attached hydrogen (secondary N) is 1. The van der Waals surface area contributed by atoms with E-state index in [1.165, 1.54) is 24.3 Å². The van der Waals surface area contributed by atoms with Crippen LogP contribution in [0.2, 0.25) is 0 Å². The van der Waals surface area contributed by atoms with Gasteiger partial charge in [-0.25, -0.2) is 0 Å². The van der Waals surface area contributed by atoms with Gasteiger partial charge >= 0.3 is 12.5 Å². The molecule has 0 saturated heterocycles. The Morgan fingerprint density at radius 1 is 0.806 bits per heavy atom. The molecule has 1 aliphatic heterocycles. The molecule has 0 fully saturated rings. The van der Waals surface area contributed by atoms with E-state index in [1.54, 1.807) is 0 Å². The summed E-state index contributed by atoms with van der Waals surface area (Å²) in [6.45, 7) is 0.210. The van der Waals surface area contributed by atoms with E-state index in [4.69, 9.17) is 0 Å². The van der Waals surface area contributed by atoms with Gasteiger partial charge in [0.2, 0.25) is 0 Å². The number of nitrogens with zero attached hydrogens (tertiary/aromatic N) is 1. The van der Waals surface area contributed by atoms with Crippen molar-refractivity contribution in [2.75, 3.05) is 6.54 Å². The van der Waals surface area contributed by atoms with Crippen LogP contribution in [0.15, 0.2) is 83.9 Å². The van der Waals surface area contributed by atoms with Gasteiger partial charge in [-0.2, -0.15) is 13.2 Å². The average molecular weight is 504 g/mol. The van der Waals surface area contributed by atoms with Gasteiger partial charge in [0.25, 0.3) is 5.91 Å². The summed E-state index contributed by atoms with van der Waals surface area (Å²) >= 11 is 0. The van der Waals surface area contributed by atoms with Crippen molar-refractivity contribution in [3.63, 3.8) is 0 Å². The first kappa shape index (κ1) is 25.0. The lowest BCUT2D eigenvalue weighted by atomic mass is 9.97. The van der Waals surface area contributed by atoms with Crippen LogP contribution in [-0.2, 0) is 17.4 Å². The van der Waals surface area contributed by atoms with Crippen molar-refractivity contribution in [3.8, 4) is 5.75 Å². The molecule has 4 rings (SSSR count). The van der Waals surface area contributed by atoms with E-state index >= 15 is 0 Å². The zero-order chi connectivity index (χ0) is 25.9. The van der Waals surface area contributed by atoms with Gasteiger partial charge in [0.1, 0.15) is 11.5 Å². The van der Waals surface area contributed by atoms with E-state index in [0.29, 0.717) is 6.42 Å². The summed E-state index contributed by atoms with van der Waals surface area (Å²) in [5.74, 6) is -1.13. The second-order valence-electron chi connectivity index (χ2n) is 7.82. The maximum Gasteiger partial charge on any atom is 0.573 e. The molecular weight excluding hydrogens is 486 g/mol. The quantitative estimate of drug-likeness (QED) is 0.402. The van der Waals surface area contributed by atoms with E-state index in [-0.39, 0.29) is 34.7 Å². The molecule has 3 aromatic rings.